The SMILES string of the molecule is Cn1c(=O)c2c(nc(N3CCNCC3)n2-c2ccccc2C=O)n(C)c1=O.O=C(O)C(F)(F)F. The molecule has 182 valence electrons. The van der Waals surface area contributed by atoms with E-state index in [0.29, 0.717) is 35.9 Å². The summed E-state index contributed by atoms with van der Waals surface area (Å²) in [5.74, 6) is -2.20. The molecule has 4 rings (SSSR count). The molecular weight excluding hydrogens is 461 g/mol. The van der Waals surface area contributed by atoms with Gasteiger partial charge in [-0.3, -0.25) is 23.3 Å². The normalized spacial score (nSPS) is 14.0. The first kappa shape index (κ1) is 24.7. The van der Waals surface area contributed by atoms with Gasteiger partial charge in [0.1, 0.15) is 0 Å². The average molecular weight is 482 g/mol. The number of hydrogen-bond donors (Lipinski definition) is 2. The predicted molar refractivity (Wildman–Crippen MR) is 116 cm³/mol. The molecule has 0 bridgehead atoms. The molecular formula is C20H21F3N6O5. The number of aliphatic carboxylic acids is 1. The van der Waals surface area contributed by atoms with Crippen molar-refractivity contribution >= 4 is 29.4 Å². The third kappa shape index (κ3) is 4.57. The number of para-hydroxylation sites is 1. The van der Waals surface area contributed by atoms with E-state index in [1.165, 1.54) is 11.6 Å². The number of hydrogen-bond acceptors (Lipinski definition) is 7. The third-order valence-corrected chi connectivity index (χ3v) is 5.19. The third-order valence-electron chi connectivity index (χ3n) is 5.19. The first-order chi connectivity index (χ1) is 16.0. The van der Waals surface area contributed by atoms with Crippen LogP contribution in [0.15, 0.2) is 33.9 Å². The number of aromatic nitrogens is 4. The van der Waals surface area contributed by atoms with Gasteiger partial charge in [0.2, 0.25) is 5.95 Å². The molecule has 3 heterocycles. The number of aryl methyl sites for hydroxylation is 1. The number of carboxylic acids is 1. The predicted octanol–water partition coefficient (Wildman–Crippen LogP) is 0.278. The number of carbonyl (C=O) groups excluding carboxylic acids is 1. The van der Waals surface area contributed by atoms with Gasteiger partial charge in [-0.1, -0.05) is 12.1 Å². The molecule has 0 aliphatic carbocycles. The fourth-order valence-electron chi connectivity index (χ4n) is 3.48. The number of nitrogens with one attached hydrogen (secondary N) is 1. The highest BCUT2D eigenvalue weighted by Gasteiger charge is 2.38. The van der Waals surface area contributed by atoms with Gasteiger partial charge < -0.3 is 15.3 Å². The summed E-state index contributed by atoms with van der Waals surface area (Å²) in [6.07, 6.45) is -4.32. The van der Waals surface area contributed by atoms with Gasteiger partial charge in [-0.25, -0.2) is 9.59 Å². The molecule has 3 aromatic rings. The molecule has 2 aromatic heterocycles. The lowest BCUT2D eigenvalue weighted by molar-refractivity contribution is -0.192. The Bertz CT molecular complexity index is 1350. The Balaban J connectivity index is 0.000000406. The molecule has 0 radical (unpaired) electrons. The highest BCUT2D eigenvalue weighted by atomic mass is 19.4. The van der Waals surface area contributed by atoms with Crippen LogP contribution < -0.4 is 21.5 Å². The van der Waals surface area contributed by atoms with E-state index in [-0.39, 0.29) is 5.52 Å². The number of carbonyl (C=O) groups is 2. The number of piperazine rings is 1. The van der Waals surface area contributed by atoms with Crippen LogP contribution in [-0.2, 0) is 18.9 Å². The van der Waals surface area contributed by atoms with E-state index >= 15 is 0 Å². The van der Waals surface area contributed by atoms with Gasteiger partial charge in [0.15, 0.2) is 17.5 Å². The fourth-order valence-corrected chi connectivity index (χ4v) is 3.48. The van der Waals surface area contributed by atoms with Crippen LogP contribution in [0, 0.1) is 0 Å². The molecule has 0 saturated carbocycles. The van der Waals surface area contributed by atoms with Gasteiger partial charge in [0.25, 0.3) is 5.56 Å². The van der Waals surface area contributed by atoms with Gasteiger partial charge in [-0.15, -0.1) is 0 Å². The number of nitrogens with zero attached hydrogens (tertiary/aromatic N) is 5. The van der Waals surface area contributed by atoms with Gasteiger partial charge in [-0.05, 0) is 12.1 Å². The van der Waals surface area contributed by atoms with Gasteiger partial charge in [0, 0.05) is 45.8 Å². The van der Waals surface area contributed by atoms with Crippen molar-refractivity contribution in [2.45, 2.75) is 6.18 Å². The van der Waals surface area contributed by atoms with Crippen LogP contribution >= 0.6 is 0 Å². The summed E-state index contributed by atoms with van der Waals surface area (Å²) in [6.45, 7) is 2.99. The number of alkyl halides is 3. The maximum absolute atomic E-state index is 13.0. The van der Waals surface area contributed by atoms with Crippen molar-refractivity contribution in [2.24, 2.45) is 14.1 Å². The van der Waals surface area contributed by atoms with Crippen molar-refractivity contribution < 1.29 is 27.9 Å². The summed E-state index contributed by atoms with van der Waals surface area (Å²) in [5.41, 5.74) is 0.721. The Labute approximate surface area is 189 Å². The minimum absolute atomic E-state index is 0.280. The van der Waals surface area contributed by atoms with Crippen LogP contribution in [0.25, 0.3) is 16.9 Å². The number of halogens is 3. The summed E-state index contributed by atoms with van der Waals surface area (Å²) in [6, 6.07) is 7.05. The number of aldehydes is 1. The van der Waals surface area contributed by atoms with E-state index in [1.54, 1.807) is 29.8 Å². The first-order valence-electron chi connectivity index (χ1n) is 9.97. The van der Waals surface area contributed by atoms with E-state index in [2.05, 4.69) is 15.2 Å². The summed E-state index contributed by atoms with van der Waals surface area (Å²) >= 11 is 0. The molecule has 1 aliphatic rings. The summed E-state index contributed by atoms with van der Waals surface area (Å²) in [5, 5.41) is 10.4. The first-order valence-corrected chi connectivity index (χ1v) is 9.97. The van der Waals surface area contributed by atoms with Crippen molar-refractivity contribution in [3.05, 3.63) is 50.7 Å². The van der Waals surface area contributed by atoms with Crippen LogP contribution in [-0.4, -0.2) is 68.4 Å². The lowest BCUT2D eigenvalue weighted by Gasteiger charge is -2.29. The maximum atomic E-state index is 13.0. The number of imidazole rings is 1. The molecule has 0 spiro atoms. The highest BCUT2D eigenvalue weighted by Crippen LogP contribution is 2.26. The molecule has 1 fully saturated rings. The zero-order chi connectivity index (χ0) is 25.2. The molecule has 1 aliphatic heterocycles. The summed E-state index contributed by atoms with van der Waals surface area (Å²) in [7, 11) is 3.03. The Morgan fingerprint density at radius 3 is 2.26 bits per heavy atom. The van der Waals surface area contributed by atoms with Gasteiger partial charge in [-0.2, -0.15) is 18.2 Å². The van der Waals surface area contributed by atoms with E-state index in [1.807, 2.05) is 6.07 Å². The molecule has 0 unspecified atom stereocenters. The van der Waals surface area contributed by atoms with E-state index in [9.17, 15) is 27.6 Å². The minimum Gasteiger partial charge on any atom is -0.475 e. The molecule has 1 aromatic carbocycles. The number of fused-ring (bicyclic) bond motifs is 1. The van der Waals surface area contributed by atoms with Gasteiger partial charge >= 0.3 is 17.8 Å². The monoisotopic (exact) mass is 482 g/mol. The fraction of sp³-hybridized carbons (Fsp3) is 0.350. The molecule has 2 N–H and O–H groups in total. The molecule has 11 nitrogen and oxygen atoms in total. The van der Waals surface area contributed by atoms with Crippen molar-refractivity contribution in [1.82, 2.24) is 24.0 Å². The van der Waals surface area contributed by atoms with E-state index in [0.717, 1.165) is 23.9 Å². The molecule has 14 heteroatoms. The van der Waals surface area contributed by atoms with Crippen LogP contribution in [0.1, 0.15) is 10.4 Å². The Hall–Kier alpha value is -3.94. The Morgan fingerprint density at radius 2 is 1.71 bits per heavy atom. The summed E-state index contributed by atoms with van der Waals surface area (Å²) in [4.78, 5) is 52.5. The molecule has 1 saturated heterocycles. The van der Waals surface area contributed by atoms with Crippen molar-refractivity contribution in [1.29, 1.82) is 0 Å². The summed E-state index contributed by atoms with van der Waals surface area (Å²) < 4.78 is 35.9. The maximum Gasteiger partial charge on any atom is 0.490 e. The van der Waals surface area contributed by atoms with Crippen molar-refractivity contribution in [3.63, 3.8) is 0 Å². The standard InChI is InChI=1S/C18H20N6O3.C2HF3O2/c1-21-15-14(16(26)22(2)18(21)27)24(13-6-4-3-5-12(13)11-25)17(20-15)23-9-7-19-8-10-23;3-2(4,5)1(6)7/h3-6,11,19H,7-10H2,1-2H3;(H,6,7). The Kier molecular flexibility index (Phi) is 6.91. The number of benzene rings is 1. The lowest BCUT2D eigenvalue weighted by atomic mass is 10.2. The van der Waals surface area contributed by atoms with E-state index in [4.69, 9.17) is 9.90 Å². The van der Waals surface area contributed by atoms with Crippen molar-refractivity contribution in [3.8, 4) is 5.69 Å². The smallest absolute Gasteiger partial charge is 0.475 e. The quantitative estimate of drug-likeness (QED) is 0.509. The van der Waals surface area contributed by atoms with Crippen LogP contribution in [0.3, 0.4) is 0 Å². The molecule has 0 atom stereocenters. The zero-order valence-corrected chi connectivity index (χ0v) is 18.2. The number of rotatable bonds is 3. The second-order valence-corrected chi connectivity index (χ2v) is 7.34. The number of anilines is 1. The largest absolute Gasteiger partial charge is 0.490 e. The minimum atomic E-state index is -5.08. The van der Waals surface area contributed by atoms with Crippen LogP contribution in [0.2, 0.25) is 0 Å². The Morgan fingerprint density at radius 1 is 1.12 bits per heavy atom. The average Bonchev–Trinajstić information content (AvgIpc) is 3.22. The topological polar surface area (TPSA) is 131 Å². The zero-order valence-electron chi connectivity index (χ0n) is 18.2. The lowest BCUT2D eigenvalue weighted by Crippen LogP contribution is -2.44. The molecule has 34 heavy (non-hydrogen) atoms. The number of carboxylic acid groups (broad SMARTS) is 1. The molecule has 0 amide bonds. The highest BCUT2D eigenvalue weighted by molar-refractivity contribution is 5.85. The van der Waals surface area contributed by atoms with Crippen molar-refractivity contribution in [2.75, 3.05) is 31.1 Å². The second kappa shape index (κ2) is 9.51. The second-order valence-electron chi connectivity index (χ2n) is 7.34. The van der Waals surface area contributed by atoms with Crippen LogP contribution in [0.4, 0.5) is 19.1 Å². The van der Waals surface area contributed by atoms with Crippen LogP contribution in [0.5, 0.6) is 0 Å². The van der Waals surface area contributed by atoms with Gasteiger partial charge in [0.05, 0.1) is 5.69 Å². The van der Waals surface area contributed by atoms with E-state index < -0.39 is 23.4 Å².